The summed E-state index contributed by atoms with van der Waals surface area (Å²) in [4.78, 5) is 5.03. The Balaban J connectivity index is 1.59. The van der Waals surface area contributed by atoms with Gasteiger partial charge in [-0.2, -0.15) is 4.57 Å². The summed E-state index contributed by atoms with van der Waals surface area (Å²) >= 11 is 0. The van der Waals surface area contributed by atoms with Crippen LogP contribution in [0.2, 0.25) is 0 Å². The first kappa shape index (κ1) is 22.4. The van der Waals surface area contributed by atoms with E-state index in [9.17, 15) is 0 Å². The third-order valence-corrected chi connectivity index (χ3v) is 7.41. The van der Waals surface area contributed by atoms with Gasteiger partial charge in [0.15, 0.2) is 0 Å². The summed E-state index contributed by atoms with van der Waals surface area (Å²) in [5, 5.41) is 0. The Morgan fingerprint density at radius 1 is 1.12 bits per heavy atom. The predicted octanol–water partition coefficient (Wildman–Crippen LogP) is 6.39. The first-order valence-electron chi connectivity index (χ1n) is 12.1. The van der Waals surface area contributed by atoms with E-state index in [0.717, 1.165) is 41.2 Å². The molecule has 2 atom stereocenters. The maximum atomic E-state index is 5.96. The van der Waals surface area contributed by atoms with Crippen LogP contribution in [0.4, 0.5) is 0 Å². The minimum absolute atomic E-state index is 0.383. The topological polar surface area (TPSA) is 39.1 Å². The number of aromatic nitrogens is 2. The van der Waals surface area contributed by atoms with Crippen molar-refractivity contribution >= 4 is 11.1 Å². The second kappa shape index (κ2) is 9.09. The summed E-state index contributed by atoms with van der Waals surface area (Å²) in [6.45, 7) is 9.39. The smallest absolute Gasteiger partial charge is 0.334 e. The molecule has 2 aliphatic rings. The Hall–Kier alpha value is -3.40. The van der Waals surface area contributed by atoms with Gasteiger partial charge in [-0.3, -0.25) is 4.98 Å². The van der Waals surface area contributed by atoms with Gasteiger partial charge in [-0.1, -0.05) is 43.3 Å². The molecule has 3 aromatic rings. The fraction of sp³-hybridized carbons (Fsp3) is 0.333. The number of rotatable bonds is 4. The molecule has 2 unspecified atom stereocenters. The van der Waals surface area contributed by atoms with Gasteiger partial charge in [0, 0.05) is 22.9 Å². The van der Waals surface area contributed by atoms with E-state index in [1.54, 1.807) is 6.39 Å². The van der Waals surface area contributed by atoms with Gasteiger partial charge >= 0.3 is 6.39 Å². The molecule has 1 aromatic carbocycles. The second-order valence-corrected chi connectivity index (χ2v) is 9.72. The summed E-state index contributed by atoms with van der Waals surface area (Å²) in [5.41, 5.74) is 9.61. The monoisotopic (exact) mass is 453 g/mol. The van der Waals surface area contributed by atoms with Crippen LogP contribution in [0.5, 0.6) is 0 Å². The molecule has 1 aliphatic carbocycles. The number of oxazole rings is 1. The van der Waals surface area contributed by atoms with Crippen LogP contribution in [0, 0.1) is 5.92 Å². The maximum Gasteiger partial charge on any atom is 0.334 e. The zero-order chi connectivity index (χ0) is 23.8. The second-order valence-electron chi connectivity index (χ2n) is 9.72. The van der Waals surface area contributed by atoms with Crippen LogP contribution in [0.25, 0.3) is 11.1 Å². The standard InChI is InChI=1S/C30H33N2O2/c1-19-17-33-22(4)29(20(19)2)26-13-25-12-11-24(21(3)23-9-7-6-8-10-23)14-27(30(25)31-15-26)28-16-32(5)18-34-28/h6-10,13-16,18,21,24H,11-12,17H2,1-5H3/q+1. The number of pyridine rings is 1. The zero-order valence-electron chi connectivity index (χ0n) is 20.8. The average molecular weight is 454 g/mol. The largest absolute Gasteiger partial charge is 0.493 e. The van der Waals surface area contributed by atoms with Gasteiger partial charge in [-0.25, -0.2) is 0 Å². The molecule has 174 valence electrons. The Kier molecular flexibility index (Phi) is 5.99. The minimum Gasteiger partial charge on any atom is -0.493 e. The molecule has 3 heterocycles. The van der Waals surface area contributed by atoms with Gasteiger partial charge in [0.2, 0.25) is 12.0 Å². The number of nitrogens with zero attached hydrogens (tertiary/aromatic N) is 2. The molecule has 0 saturated carbocycles. The van der Waals surface area contributed by atoms with Gasteiger partial charge in [0.25, 0.3) is 0 Å². The number of aryl methyl sites for hydroxylation is 2. The van der Waals surface area contributed by atoms with E-state index in [1.165, 1.54) is 27.8 Å². The molecular formula is C30H33N2O2+. The molecular weight excluding hydrogens is 420 g/mol. The van der Waals surface area contributed by atoms with Crippen molar-refractivity contribution in [2.24, 2.45) is 13.0 Å². The molecule has 4 heteroatoms. The van der Waals surface area contributed by atoms with Crippen molar-refractivity contribution in [3.63, 3.8) is 0 Å². The van der Waals surface area contributed by atoms with Crippen molar-refractivity contribution in [2.75, 3.05) is 6.61 Å². The molecule has 0 bridgehead atoms. The number of ether oxygens (including phenoxy) is 1. The average Bonchev–Trinajstić information content (AvgIpc) is 3.19. The third kappa shape index (κ3) is 4.13. The van der Waals surface area contributed by atoms with E-state index in [0.29, 0.717) is 18.4 Å². The van der Waals surface area contributed by atoms with Crippen LogP contribution >= 0.6 is 0 Å². The molecule has 0 spiro atoms. The lowest BCUT2D eigenvalue weighted by Gasteiger charge is -2.23. The van der Waals surface area contributed by atoms with Crippen LogP contribution in [0.15, 0.2) is 82.6 Å². The molecule has 0 amide bonds. The zero-order valence-corrected chi connectivity index (χ0v) is 20.8. The Labute approximate surface area is 202 Å². The van der Waals surface area contributed by atoms with E-state index in [1.807, 2.05) is 24.0 Å². The molecule has 4 nitrogen and oxygen atoms in total. The summed E-state index contributed by atoms with van der Waals surface area (Å²) in [5.74, 6) is 2.62. The molecule has 0 fully saturated rings. The predicted molar refractivity (Wildman–Crippen MR) is 135 cm³/mol. The Morgan fingerprint density at radius 2 is 1.91 bits per heavy atom. The fourth-order valence-corrected chi connectivity index (χ4v) is 5.19. The number of hydrogen-bond donors (Lipinski definition) is 0. The molecule has 34 heavy (non-hydrogen) atoms. The summed E-state index contributed by atoms with van der Waals surface area (Å²) in [7, 11) is 1.99. The Morgan fingerprint density at radius 3 is 2.65 bits per heavy atom. The van der Waals surface area contributed by atoms with Crippen LogP contribution in [-0.4, -0.2) is 11.6 Å². The molecule has 1 aliphatic heterocycles. The first-order valence-corrected chi connectivity index (χ1v) is 12.1. The lowest BCUT2D eigenvalue weighted by atomic mass is 9.84. The van der Waals surface area contributed by atoms with Crippen LogP contribution in [-0.2, 0) is 18.2 Å². The molecule has 2 aromatic heterocycles. The number of benzene rings is 1. The van der Waals surface area contributed by atoms with Crippen LogP contribution in [0.3, 0.4) is 0 Å². The SMILES string of the molecule is CC1=C(C)C(c2cnc3c(c2)CCC(C(C)c2ccccc2)C=C3c2c[n+](C)co2)=C(C)OC1. The van der Waals surface area contributed by atoms with E-state index < -0.39 is 0 Å². The normalized spacial score (nSPS) is 19.3. The summed E-state index contributed by atoms with van der Waals surface area (Å²) in [6.07, 6.45) is 10.2. The third-order valence-electron chi connectivity index (χ3n) is 7.41. The molecule has 0 saturated heterocycles. The fourth-order valence-electron chi connectivity index (χ4n) is 5.19. The lowest BCUT2D eigenvalue weighted by molar-refractivity contribution is -0.674. The summed E-state index contributed by atoms with van der Waals surface area (Å²) in [6, 6.07) is 13.1. The van der Waals surface area contributed by atoms with Gasteiger partial charge in [0.1, 0.15) is 19.4 Å². The minimum atomic E-state index is 0.383. The van der Waals surface area contributed by atoms with Crippen molar-refractivity contribution in [2.45, 2.75) is 46.5 Å². The highest BCUT2D eigenvalue weighted by atomic mass is 16.5. The van der Waals surface area contributed by atoms with E-state index in [4.69, 9.17) is 14.1 Å². The van der Waals surface area contributed by atoms with Crippen molar-refractivity contribution in [1.29, 1.82) is 0 Å². The van der Waals surface area contributed by atoms with Crippen molar-refractivity contribution in [3.05, 3.63) is 106 Å². The number of hydrogen-bond acceptors (Lipinski definition) is 3. The number of fused-ring (bicyclic) bond motifs is 1. The van der Waals surface area contributed by atoms with Gasteiger partial charge in [-0.15, -0.1) is 0 Å². The molecule has 0 radical (unpaired) electrons. The number of allylic oxidation sites excluding steroid dienone is 4. The summed E-state index contributed by atoms with van der Waals surface area (Å²) < 4.78 is 13.9. The highest BCUT2D eigenvalue weighted by Gasteiger charge is 2.28. The Bertz CT molecular complexity index is 1310. The maximum absolute atomic E-state index is 5.96. The van der Waals surface area contributed by atoms with Gasteiger partial charge < -0.3 is 9.15 Å². The van der Waals surface area contributed by atoms with Gasteiger partial charge in [-0.05, 0) is 73.8 Å². The van der Waals surface area contributed by atoms with Crippen molar-refractivity contribution in [3.8, 4) is 0 Å². The first-order chi connectivity index (χ1) is 16.4. The van der Waals surface area contributed by atoms with Crippen molar-refractivity contribution in [1.82, 2.24) is 4.98 Å². The van der Waals surface area contributed by atoms with Gasteiger partial charge in [0.05, 0.1) is 5.69 Å². The quantitative estimate of drug-likeness (QED) is 0.430. The van der Waals surface area contributed by atoms with Crippen LogP contribution < -0.4 is 4.57 Å². The van der Waals surface area contributed by atoms with E-state index >= 15 is 0 Å². The lowest BCUT2D eigenvalue weighted by Crippen LogP contribution is -2.22. The van der Waals surface area contributed by atoms with Crippen molar-refractivity contribution < 1.29 is 13.7 Å². The van der Waals surface area contributed by atoms with E-state index in [-0.39, 0.29) is 0 Å². The van der Waals surface area contributed by atoms with Crippen LogP contribution in [0.1, 0.15) is 68.2 Å². The highest BCUT2D eigenvalue weighted by molar-refractivity contribution is 5.83. The molecule has 0 N–H and O–H groups in total. The highest BCUT2D eigenvalue weighted by Crippen LogP contribution is 2.39. The van der Waals surface area contributed by atoms with E-state index in [2.05, 4.69) is 70.2 Å². The molecule has 5 rings (SSSR count).